The lowest BCUT2D eigenvalue weighted by Gasteiger charge is -2.18. The predicted molar refractivity (Wildman–Crippen MR) is 353 cm³/mol. The van der Waals surface area contributed by atoms with Crippen LogP contribution in [0.4, 0.5) is 0 Å². The number of carbonyl (C=O) groups is 3. The fourth-order valence-electron chi connectivity index (χ4n) is 10.9. The standard InChI is InChI=1S/C75H138O6/c1-4-7-10-13-16-18-20-22-24-26-28-30-31-32-33-34-35-36-37-38-39-40-41-42-43-45-46-48-50-52-54-56-59-62-65-68-74(77)80-71-72(70-79-73(76)67-64-61-58-15-12-9-6-3)81-75(78)69-66-63-60-57-55-53-51-49-47-44-29-27-25-23-21-19-17-14-11-8-5-2/h20-23,26-29,72H,4-19,24-25,30-71H2,1-3H3/b22-20-,23-21-,28-26-,29-27-. The van der Waals surface area contributed by atoms with Crippen LogP contribution in [0.2, 0.25) is 0 Å². The number of carbonyl (C=O) groups excluding carboxylic acids is 3. The van der Waals surface area contributed by atoms with Crippen LogP contribution in [0, 0.1) is 0 Å². The maximum atomic E-state index is 12.9. The zero-order chi connectivity index (χ0) is 58.5. The first-order valence-corrected chi connectivity index (χ1v) is 36.1. The maximum absolute atomic E-state index is 12.9. The molecule has 1 unspecified atom stereocenters. The van der Waals surface area contributed by atoms with E-state index in [1.54, 1.807) is 0 Å². The Hall–Kier alpha value is -2.63. The van der Waals surface area contributed by atoms with E-state index in [2.05, 4.69) is 69.4 Å². The number of rotatable bonds is 67. The molecule has 0 N–H and O–H groups in total. The molecular formula is C75H138O6. The first-order chi connectivity index (χ1) is 40.0. The molecule has 0 aromatic carbocycles. The Labute approximate surface area is 505 Å². The van der Waals surface area contributed by atoms with Gasteiger partial charge in [-0.05, 0) is 83.5 Å². The van der Waals surface area contributed by atoms with Gasteiger partial charge in [-0.2, -0.15) is 0 Å². The fraction of sp³-hybridized carbons (Fsp3) is 0.853. The van der Waals surface area contributed by atoms with E-state index in [0.717, 1.165) is 70.6 Å². The zero-order valence-corrected chi connectivity index (χ0v) is 54.6. The largest absolute Gasteiger partial charge is 0.462 e. The lowest BCUT2D eigenvalue weighted by Crippen LogP contribution is -2.30. The molecule has 0 amide bonds. The average Bonchev–Trinajstić information content (AvgIpc) is 3.47. The minimum atomic E-state index is -0.771. The van der Waals surface area contributed by atoms with Gasteiger partial charge in [-0.3, -0.25) is 14.4 Å². The van der Waals surface area contributed by atoms with Crippen molar-refractivity contribution in [2.24, 2.45) is 0 Å². The van der Waals surface area contributed by atoms with E-state index in [9.17, 15) is 14.4 Å². The number of hydrogen-bond acceptors (Lipinski definition) is 6. The number of allylic oxidation sites excluding steroid dienone is 8. The monoisotopic (exact) mass is 1140 g/mol. The molecule has 0 aromatic rings. The molecule has 0 fully saturated rings. The fourth-order valence-corrected chi connectivity index (χ4v) is 10.9. The lowest BCUT2D eigenvalue weighted by atomic mass is 10.0. The summed E-state index contributed by atoms with van der Waals surface area (Å²) in [7, 11) is 0. The third-order valence-electron chi connectivity index (χ3n) is 16.3. The van der Waals surface area contributed by atoms with E-state index in [4.69, 9.17) is 14.2 Å². The molecule has 0 saturated carbocycles. The van der Waals surface area contributed by atoms with Gasteiger partial charge in [-0.15, -0.1) is 0 Å². The van der Waals surface area contributed by atoms with Crippen molar-refractivity contribution in [1.29, 1.82) is 0 Å². The quantitative estimate of drug-likeness (QED) is 0.0261. The van der Waals surface area contributed by atoms with Gasteiger partial charge in [-0.1, -0.05) is 339 Å². The van der Waals surface area contributed by atoms with Crippen LogP contribution in [0.15, 0.2) is 48.6 Å². The van der Waals surface area contributed by atoms with Crippen molar-refractivity contribution < 1.29 is 28.6 Å². The Bertz CT molecular complexity index is 1400. The van der Waals surface area contributed by atoms with Crippen LogP contribution >= 0.6 is 0 Å². The van der Waals surface area contributed by atoms with E-state index in [1.807, 2.05) is 0 Å². The average molecular weight is 1140 g/mol. The summed E-state index contributed by atoms with van der Waals surface area (Å²) in [6, 6.07) is 0. The van der Waals surface area contributed by atoms with Gasteiger partial charge in [0, 0.05) is 19.3 Å². The van der Waals surface area contributed by atoms with Gasteiger partial charge in [0.15, 0.2) is 6.10 Å². The van der Waals surface area contributed by atoms with Crippen molar-refractivity contribution in [3.05, 3.63) is 48.6 Å². The summed E-state index contributed by atoms with van der Waals surface area (Å²) in [5, 5.41) is 0. The molecule has 0 radical (unpaired) electrons. The van der Waals surface area contributed by atoms with Crippen LogP contribution < -0.4 is 0 Å². The van der Waals surface area contributed by atoms with Gasteiger partial charge in [-0.25, -0.2) is 0 Å². The van der Waals surface area contributed by atoms with Crippen LogP contribution in [0.25, 0.3) is 0 Å². The molecule has 0 saturated heterocycles. The topological polar surface area (TPSA) is 78.9 Å². The predicted octanol–water partition coefficient (Wildman–Crippen LogP) is 24.9. The molecule has 0 aliphatic rings. The summed E-state index contributed by atoms with van der Waals surface area (Å²) >= 11 is 0. The van der Waals surface area contributed by atoms with E-state index >= 15 is 0 Å². The van der Waals surface area contributed by atoms with Crippen LogP contribution in [0.1, 0.15) is 393 Å². The molecular weight excluding hydrogens is 997 g/mol. The first-order valence-electron chi connectivity index (χ1n) is 36.1. The molecule has 0 heterocycles. The van der Waals surface area contributed by atoms with Gasteiger partial charge < -0.3 is 14.2 Å². The summed E-state index contributed by atoms with van der Waals surface area (Å²) in [5.41, 5.74) is 0. The van der Waals surface area contributed by atoms with Crippen molar-refractivity contribution >= 4 is 17.9 Å². The molecule has 6 heteroatoms. The highest BCUT2D eigenvalue weighted by molar-refractivity contribution is 5.71. The Morgan fingerprint density at radius 1 is 0.247 bits per heavy atom. The van der Waals surface area contributed by atoms with E-state index < -0.39 is 6.10 Å². The summed E-state index contributed by atoms with van der Waals surface area (Å²) in [6.45, 7) is 6.63. The summed E-state index contributed by atoms with van der Waals surface area (Å²) in [4.78, 5) is 38.2. The third-order valence-corrected chi connectivity index (χ3v) is 16.3. The van der Waals surface area contributed by atoms with Crippen molar-refractivity contribution in [2.45, 2.75) is 399 Å². The van der Waals surface area contributed by atoms with Crippen LogP contribution in [-0.2, 0) is 28.6 Å². The van der Waals surface area contributed by atoms with Gasteiger partial charge in [0.1, 0.15) is 13.2 Å². The second-order valence-electron chi connectivity index (χ2n) is 24.5. The van der Waals surface area contributed by atoms with Gasteiger partial charge in [0.25, 0.3) is 0 Å². The highest BCUT2D eigenvalue weighted by Gasteiger charge is 2.19. The highest BCUT2D eigenvalue weighted by atomic mass is 16.6. The summed E-state index contributed by atoms with van der Waals surface area (Å²) in [6.07, 6.45) is 89.0. The minimum absolute atomic E-state index is 0.0697. The number of esters is 3. The van der Waals surface area contributed by atoms with Crippen molar-refractivity contribution in [2.75, 3.05) is 13.2 Å². The van der Waals surface area contributed by atoms with E-state index in [1.165, 1.54) is 283 Å². The van der Waals surface area contributed by atoms with Crippen LogP contribution in [0.5, 0.6) is 0 Å². The maximum Gasteiger partial charge on any atom is 0.306 e. The van der Waals surface area contributed by atoms with Crippen molar-refractivity contribution in [3.63, 3.8) is 0 Å². The smallest absolute Gasteiger partial charge is 0.306 e. The Balaban J connectivity index is 3.96. The minimum Gasteiger partial charge on any atom is -0.462 e. The molecule has 0 aromatic heterocycles. The summed E-state index contributed by atoms with van der Waals surface area (Å²) < 4.78 is 16.9. The van der Waals surface area contributed by atoms with Crippen LogP contribution in [0.3, 0.4) is 0 Å². The second-order valence-corrected chi connectivity index (χ2v) is 24.5. The molecule has 0 aliphatic heterocycles. The van der Waals surface area contributed by atoms with Crippen molar-refractivity contribution in [1.82, 2.24) is 0 Å². The van der Waals surface area contributed by atoms with E-state index in [0.29, 0.717) is 19.3 Å². The molecule has 0 rings (SSSR count). The molecule has 81 heavy (non-hydrogen) atoms. The Morgan fingerprint density at radius 3 is 0.679 bits per heavy atom. The second kappa shape index (κ2) is 69.9. The summed E-state index contributed by atoms with van der Waals surface area (Å²) in [5.74, 6) is -0.857. The molecule has 6 nitrogen and oxygen atoms in total. The van der Waals surface area contributed by atoms with Gasteiger partial charge >= 0.3 is 17.9 Å². The number of hydrogen-bond donors (Lipinski definition) is 0. The number of unbranched alkanes of at least 4 members (excludes halogenated alkanes) is 48. The van der Waals surface area contributed by atoms with E-state index in [-0.39, 0.29) is 31.1 Å². The van der Waals surface area contributed by atoms with Crippen molar-refractivity contribution in [3.8, 4) is 0 Å². The molecule has 0 spiro atoms. The normalized spacial score (nSPS) is 12.3. The molecule has 474 valence electrons. The molecule has 1 atom stereocenters. The first kappa shape index (κ1) is 78.4. The Morgan fingerprint density at radius 2 is 0.444 bits per heavy atom. The zero-order valence-electron chi connectivity index (χ0n) is 54.6. The SMILES string of the molecule is CCCCCCC/C=C\C/C=C\CCCCCCCCCCCCCCCCCCCCCCCCCC(=O)OCC(COC(=O)CCCCCCCCC)OC(=O)CCCCCCCCCCC/C=C\C/C=C\CCCCCCC. The van der Waals surface area contributed by atoms with Gasteiger partial charge in [0.05, 0.1) is 0 Å². The number of ether oxygens (including phenoxy) is 3. The van der Waals surface area contributed by atoms with Crippen LogP contribution in [-0.4, -0.2) is 37.2 Å². The lowest BCUT2D eigenvalue weighted by molar-refractivity contribution is -0.167. The third kappa shape index (κ3) is 68.0. The molecule has 0 aliphatic carbocycles. The Kier molecular flexibility index (Phi) is 67.6. The highest BCUT2D eigenvalue weighted by Crippen LogP contribution is 2.18. The molecule has 0 bridgehead atoms. The van der Waals surface area contributed by atoms with Gasteiger partial charge in [0.2, 0.25) is 0 Å².